The summed E-state index contributed by atoms with van der Waals surface area (Å²) in [6, 6.07) is 18.0. The second kappa shape index (κ2) is 7.30. The zero-order valence-corrected chi connectivity index (χ0v) is 16.4. The first-order chi connectivity index (χ1) is 13.1. The Balaban J connectivity index is 1.69. The van der Waals surface area contributed by atoms with Crippen LogP contribution in [0.1, 0.15) is 23.5 Å². The zero-order chi connectivity index (χ0) is 19.0. The summed E-state index contributed by atoms with van der Waals surface area (Å²) < 4.78 is 0. The molecule has 0 spiro atoms. The fraction of sp³-hybridized carbons (Fsp3) is 0.238. The van der Waals surface area contributed by atoms with Crippen molar-refractivity contribution < 1.29 is 4.79 Å². The molecule has 1 saturated heterocycles. The summed E-state index contributed by atoms with van der Waals surface area (Å²) in [6.07, 6.45) is 0.319. The van der Waals surface area contributed by atoms with Gasteiger partial charge in [0.05, 0.1) is 29.2 Å². The fourth-order valence-corrected chi connectivity index (χ4v) is 4.95. The second-order valence-corrected chi connectivity index (χ2v) is 8.00. The first-order valence-electron chi connectivity index (χ1n) is 8.72. The smallest absolute Gasteiger partial charge is 0.229 e. The minimum atomic E-state index is -0.165. The van der Waals surface area contributed by atoms with Gasteiger partial charge in [-0.3, -0.25) is 9.69 Å². The number of rotatable bonds is 2. The van der Waals surface area contributed by atoms with Crippen molar-refractivity contribution in [3.05, 3.63) is 75.3 Å². The number of anilines is 1. The maximum atomic E-state index is 12.9. The number of benzene rings is 2. The Hall–Kier alpha value is -2.42. The van der Waals surface area contributed by atoms with Crippen molar-refractivity contribution in [1.82, 2.24) is 4.90 Å². The highest BCUT2D eigenvalue weighted by Crippen LogP contribution is 2.43. The van der Waals surface area contributed by atoms with Gasteiger partial charge in [0, 0.05) is 23.0 Å². The van der Waals surface area contributed by atoms with E-state index in [4.69, 9.17) is 11.6 Å². The number of carbonyl (C=O) groups is 1. The van der Waals surface area contributed by atoms with E-state index >= 15 is 0 Å². The molecule has 4 rings (SSSR count). The van der Waals surface area contributed by atoms with E-state index in [9.17, 15) is 10.1 Å². The average molecular weight is 396 g/mol. The molecule has 2 aliphatic heterocycles. The summed E-state index contributed by atoms with van der Waals surface area (Å²) in [4.78, 5) is 16.8. The van der Waals surface area contributed by atoms with E-state index in [1.165, 1.54) is 0 Å². The van der Waals surface area contributed by atoms with E-state index < -0.39 is 0 Å². The van der Waals surface area contributed by atoms with Gasteiger partial charge in [-0.25, -0.2) is 0 Å². The summed E-state index contributed by atoms with van der Waals surface area (Å²) in [5.74, 6) is 0.559. The van der Waals surface area contributed by atoms with Crippen LogP contribution < -0.4 is 4.90 Å². The van der Waals surface area contributed by atoms with Crippen LogP contribution in [0.15, 0.2) is 59.1 Å². The largest absolute Gasteiger partial charge is 0.343 e. The number of thioether (sulfide) groups is 1. The molecule has 2 aromatic rings. The van der Waals surface area contributed by atoms with Gasteiger partial charge in [0.1, 0.15) is 0 Å². The third-order valence-corrected chi connectivity index (χ3v) is 6.64. The third-order valence-electron chi connectivity index (χ3n) is 5.08. The van der Waals surface area contributed by atoms with E-state index in [0.717, 1.165) is 21.8 Å². The molecule has 1 atom stereocenters. The number of halogens is 1. The van der Waals surface area contributed by atoms with Gasteiger partial charge >= 0.3 is 0 Å². The maximum absolute atomic E-state index is 12.9. The third kappa shape index (κ3) is 3.20. The molecule has 0 N–H and O–H groups in total. The summed E-state index contributed by atoms with van der Waals surface area (Å²) in [5, 5.41) is 11.3. The number of hydrogen-bond donors (Lipinski definition) is 0. The number of amides is 1. The molecule has 0 saturated carbocycles. The molecule has 27 heavy (non-hydrogen) atoms. The van der Waals surface area contributed by atoms with Gasteiger partial charge in [-0.05, 0) is 30.2 Å². The number of carbonyl (C=O) groups excluding carboxylic acids is 1. The van der Waals surface area contributed by atoms with Crippen LogP contribution in [0, 0.1) is 18.3 Å². The lowest BCUT2D eigenvalue weighted by molar-refractivity contribution is -0.129. The minimum Gasteiger partial charge on any atom is -0.343 e. The molecule has 1 amide bonds. The van der Waals surface area contributed by atoms with Gasteiger partial charge < -0.3 is 4.90 Å². The normalized spacial score (nSPS) is 19.7. The van der Waals surface area contributed by atoms with Crippen LogP contribution in [0.4, 0.5) is 5.69 Å². The molecule has 0 aliphatic carbocycles. The molecule has 136 valence electrons. The van der Waals surface area contributed by atoms with E-state index in [1.54, 1.807) is 16.7 Å². The van der Waals surface area contributed by atoms with Crippen molar-refractivity contribution in [3.63, 3.8) is 0 Å². The molecule has 1 fully saturated rings. The van der Waals surface area contributed by atoms with Crippen LogP contribution in [0.5, 0.6) is 0 Å². The van der Waals surface area contributed by atoms with Crippen LogP contribution in [-0.4, -0.2) is 23.4 Å². The van der Waals surface area contributed by atoms with Crippen LogP contribution >= 0.6 is 23.4 Å². The highest BCUT2D eigenvalue weighted by molar-refractivity contribution is 8.03. The summed E-state index contributed by atoms with van der Waals surface area (Å²) in [7, 11) is 0. The predicted octanol–water partition coefficient (Wildman–Crippen LogP) is 4.87. The van der Waals surface area contributed by atoms with E-state index in [1.807, 2.05) is 55.5 Å². The Morgan fingerprint density at radius 2 is 1.96 bits per heavy atom. The standard InChI is InChI=1S/C21H18ClN3OS/c1-14-18(22)8-5-9-19(14)24-12-25-20(26)10-16(15-6-3-2-4-7-15)17(11-23)21(25)27-13-24/h2-9,16H,10,12-13H2,1H3/t16-/m1/s1. The topological polar surface area (TPSA) is 47.3 Å². The van der Waals surface area contributed by atoms with Crippen molar-refractivity contribution in [1.29, 1.82) is 5.26 Å². The van der Waals surface area contributed by atoms with Crippen molar-refractivity contribution >= 4 is 35.0 Å². The Kier molecular flexibility index (Phi) is 4.86. The molecule has 0 radical (unpaired) electrons. The molecule has 6 heteroatoms. The van der Waals surface area contributed by atoms with Gasteiger partial charge in [-0.1, -0.05) is 59.8 Å². The molecule has 2 aliphatic rings. The number of hydrogen-bond acceptors (Lipinski definition) is 4. The monoisotopic (exact) mass is 395 g/mol. The van der Waals surface area contributed by atoms with E-state index in [2.05, 4.69) is 11.0 Å². The highest BCUT2D eigenvalue weighted by atomic mass is 35.5. The summed E-state index contributed by atoms with van der Waals surface area (Å²) in [6.45, 7) is 2.42. The Morgan fingerprint density at radius 3 is 2.70 bits per heavy atom. The second-order valence-electron chi connectivity index (χ2n) is 6.66. The first-order valence-corrected chi connectivity index (χ1v) is 10.1. The van der Waals surface area contributed by atoms with Crippen molar-refractivity contribution in [2.75, 3.05) is 17.4 Å². The van der Waals surface area contributed by atoms with E-state index in [-0.39, 0.29) is 11.8 Å². The first kappa shape index (κ1) is 18.0. The van der Waals surface area contributed by atoms with Gasteiger partial charge in [-0.15, -0.1) is 0 Å². The lowest BCUT2D eigenvalue weighted by Crippen LogP contribution is -2.47. The molecule has 2 heterocycles. The number of fused-ring (bicyclic) bond motifs is 1. The van der Waals surface area contributed by atoms with E-state index in [0.29, 0.717) is 29.6 Å². The predicted molar refractivity (Wildman–Crippen MR) is 109 cm³/mol. The van der Waals surface area contributed by atoms with Gasteiger partial charge in [0.25, 0.3) is 0 Å². The molecule has 4 nitrogen and oxygen atoms in total. The van der Waals surface area contributed by atoms with Crippen LogP contribution in [-0.2, 0) is 4.79 Å². The SMILES string of the molecule is Cc1c(Cl)cccc1N1CSC2=C(C#N)[C@@H](c3ccccc3)CC(=O)N2C1. The summed E-state index contributed by atoms with van der Waals surface area (Å²) in [5.41, 5.74) is 3.72. The van der Waals surface area contributed by atoms with Crippen molar-refractivity contribution in [2.24, 2.45) is 0 Å². The fourth-order valence-electron chi connectivity index (χ4n) is 3.62. The lowest BCUT2D eigenvalue weighted by Gasteiger charge is -2.42. The highest BCUT2D eigenvalue weighted by Gasteiger charge is 2.38. The molecular formula is C21H18ClN3OS. The maximum Gasteiger partial charge on any atom is 0.229 e. The van der Waals surface area contributed by atoms with Crippen LogP contribution in [0.25, 0.3) is 0 Å². The lowest BCUT2D eigenvalue weighted by atomic mass is 9.86. The molecule has 0 unspecified atom stereocenters. The van der Waals surface area contributed by atoms with Gasteiger partial charge in [0.15, 0.2) is 0 Å². The quantitative estimate of drug-likeness (QED) is 0.727. The Morgan fingerprint density at radius 1 is 1.19 bits per heavy atom. The van der Waals surface area contributed by atoms with Gasteiger partial charge in [0.2, 0.25) is 5.91 Å². The molecule has 0 bridgehead atoms. The number of nitriles is 1. The van der Waals surface area contributed by atoms with Crippen molar-refractivity contribution in [3.8, 4) is 6.07 Å². The Labute approximate surface area is 168 Å². The summed E-state index contributed by atoms with van der Waals surface area (Å²) >= 11 is 7.81. The molecule has 0 aromatic heterocycles. The van der Waals surface area contributed by atoms with Crippen LogP contribution in [0.2, 0.25) is 5.02 Å². The number of allylic oxidation sites excluding steroid dienone is 1. The zero-order valence-electron chi connectivity index (χ0n) is 14.9. The van der Waals surface area contributed by atoms with Gasteiger partial charge in [-0.2, -0.15) is 5.26 Å². The average Bonchev–Trinajstić information content (AvgIpc) is 2.70. The van der Waals surface area contributed by atoms with Crippen LogP contribution in [0.3, 0.4) is 0 Å². The molecular weight excluding hydrogens is 378 g/mol. The molecule has 2 aromatic carbocycles. The Bertz CT molecular complexity index is 967. The van der Waals surface area contributed by atoms with Crippen molar-refractivity contribution in [2.45, 2.75) is 19.3 Å². The number of nitrogens with zero attached hydrogens (tertiary/aromatic N) is 3. The minimum absolute atomic E-state index is 0.0507.